The summed E-state index contributed by atoms with van der Waals surface area (Å²) in [6, 6.07) is 22.7. The Morgan fingerprint density at radius 2 is 1.40 bits per heavy atom. The second kappa shape index (κ2) is 12.1. The second-order valence-electron chi connectivity index (χ2n) is 8.40. The first-order chi connectivity index (χ1) is 18.9. The summed E-state index contributed by atoms with van der Waals surface area (Å²) in [5, 5.41) is 3.22. The molecule has 0 spiro atoms. The van der Waals surface area contributed by atoms with E-state index in [0.29, 0.717) is 16.4 Å². The number of nitrogens with one attached hydrogen (secondary N) is 2. The number of carbonyl (C=O) groups is 1. The number of hydrogen-bond donors (Lipinski definition) is 2. The maximum atomic E-state index is 13.0. The summed E-state index contributed by atoms with van der Waals surface area (Å²) in [6.45, 7) is 0. The van der Waals surface area contributed by atoms with Crippen LogP contribution >= 0.6 is 35.0 Å². The number of rotatable bonds is 9. The highest BCUT2D eigenvalue weighted by Gasteiger charge is 2.22. The summed E-state index contributed by atoms with van der Waals surface area (Å²) in [5.41, 5.74) is 1.22. The van der Waals surface area contributed by atoms with E-state index in [0.717, 1.165) is 9.20 Å². The highest BCUT2D eigenvalue weighted by atomic mass is 35.5. The molecule has 0 aromatic heterocycles. The number of thioether (sulfide) groups is 1. The van der Waals surface area contributed by atoms with Crippen molar-refractivity contribution >= 4 is 78.0 Å². The molecule has 0 unspecified atom stereocenters. The topological polar surface area (TPSA) is 113 Å². The lowest BCUT2D eigenvalue weighted by atomic mass is 10.2. The first-order valence-electron chi connectivity index (χ1n) is 11.5. The van der Waals surface area contributed by atoms with Crippen molar-refractivity contribution in [3.05, 3.63) is 107 Å². The molecule has 40 heavy (non-hydrogen) atoms. The number of carbonyl (C=O) groups excluding carboxylic acids is 1. The quantitative estimate of drug-likeness (QED) is 0.201. The lowest BCUT2D eigenvalue weighted by molar-refractivity contribution is 0.102. The number of benzene rings is 4. The maximum Gasteiger partial charge on any atom is 0.264 e. The molecule has 8 nitrogen and oxygen atoms in total. The minimum atomic E-state index is -3.94. The van der Waals surface area contributed by atoms with E-state index in [9.17, 15) is 21.6 Å². The van der Waals surface area contributed by atoms with Crippen molar-refractivity contribution in [2.75, 3.05) is 27.6 Å². The molecule has 0 aliphatic rings. The number of sulfonamides is 2. The summed E-state index contributed by atoms with van der Waals surface area (Å²) in [4.78, 5) is 13.8. The van der Waals surface area contributed by atoms with Gasteiger partial charge in [-0.25, -0.2) is 16.8 Å². The minimum absolute atomic E-state index is 0.0341. The van der Waals surface area contributed by atoms with E-state index in [1.165, 1.54) is 85.5 Å². The minimum Gasteiger partial charge on any atom is -0.322 e. The standard InChI is InChI=1S/C27H23Cl2N3O5S3/c1-32(40(36,37)24-14-10-22(38-2)11-15-24)21-8-3-18(4-9-21)27(33)30-20-6-12-23(13-7-20)39(34,35)31-26-16-5-19(28)17-25(26)29/h3-17,31H,1-2H3,(H,30,33). The zero-order chi connectivity index (χ0) is 29.1. The van der Waals surface area contributed by atoms with Crippen molar-refractivity contribution in [2.24, 2.45) is 0 Å². The van der Waals surface area contributed by atoms with Gasteiger partial charge in [-0.05, 0) is 97.3 Å². The predicted molar refractivity (Wildman–Crippen MR) is 162 cm³/mol. The van der Waals surface area contributed by atoms with Crippen LogP contribution in [-0.2, 0) is 20.0 Å². The molecule has 2 N–H and O–H groups in total. The molecular formula is C27H23Cl2N3O5S3. The third kappa shape index (κ3) is 6.73. The van der Waals surface area contributed by atoms with Crippen LogP contribution in [-0.4, -0.2) is 36.0 Å². The van der Waals surface area contributed by atoms with Crippen LogP contribution in [0, 0.1) is 0 Å². The number of nitrogens with zero attached hydrogens (tertiary/aromatic N) is 1. The Hall–Kier alpha value is -3.22. The third-order valence-electron chi connectivity index (χ3n) is 5.81. The van der Waals surface area contributed by atoms with Gasteiger partial charge in [-0.3, -0.25) is 13.8 Å². The van der Waals surface area contributed by atoms with Gasteiger partial charge >= 0.3 is 0 Å². The second-order valence-corrected chi connectivity index (χ2v) is 13.8. The van der Waals surface area contributed by atoms with Gasteiger partial charge in [0.25, 0.3) is 26.0 Å². The van der Waals surface area contributed by atoms with Crippen molar-refractivity contribution in [3.63, 3.8) is 0 Å². The summed E-state index contributed by atoms with van der Waals surface area (Å²) < 4.78 is 55.0. The van der Waals surface area contributed by atoms with Gasteiger partial charge in [-0.15, -0.1) is 11.8 Å². The van der Waals surface area contributed by atoms with Gasteiger partial charge in [0.15, 0.2) is 0 Å². The predicted octanol–water partition coefficient (Wildman–Crippen LogP) is 6.59. The van der Waals surface area contributed by atoms with Gasteiger partial charge < -0.3 is 5.32 Å². The van der Waals surface area contributed by atoms with Crippen LogP contribution in [0.1, 0.15) is 10.4 Å². The summed E-state index contributed by atoms with van der Waals surface area (Å²) in [6.07, 6.45) is 1.91. The summed E-state index contributed by atoms with van der Waals surface area (Å²) in [5.74, 6) is -0.452. The molecule has 0 saturated heterocycles. The fourth-order valence-corrected chi connectivity index (χ4v) is 6.76. The van der Waals surface area contributed by atoms with Crippen LogP contribution in [0.5, 0.6) is 0 Å². The van der Waals surface area contributed by atoms with Crippen molar-refractivity contribution in [3.8, 4) is 0 Å². The molecule has 0 radical (unpaired) electrons. The third-order valence-corrected chi connectivity index (χ3v) is 10.3. The Labute approximate surface area is 247 Å². The van der Waals surface area contributed by atoms with Crippen molar-refractivity contribution in [1.29, 1.82) is 0 Å². The average Bonchev–Trinajstić information content (AvgIpc) is 2.94. The van der Waals surface area contributed by atoms with E-state index in [2.05, 4.69) is 10.0 Å². The highest BCUT2D eigenvalue weighted by Crippen LogP contribution is 2.28. The van der Waals surface area contributed by atoms with Gasteiger partial charge in [0, 0.05) is 28.2 Å². The molecule has 0 aliphatic carbocycles. The lowest BCUT2D eigenvalue weighted by Crippen LogP contribution is -2.26. The summed E-state index contributed by atoms with van der Waals surface area (Å²) >= 11 is 13.4. The van der Waals surface area contributed by atoms with Crippen LogP contribution in [0.2, 0.25) is 10.0 Å². The fraction of sp³-hybridized carbons (Fsp3) is 0.0741. The first kappa shape index (κ1) is 29.8. The molecule has 1 amide bonds. The molecule has 4 aromatic carbocycles. The lowest BCUT2D eigenvalue weighted by Gasteiger charge is -2.20. The summed E-state index contributed by atoms with van der Waals surface area (Å²) in [7, 11) is -6.28. The van der Waals surface area contributed by atoms with E-state index in [4.69, 9.17) is 23.2 Å². The zero-order valence-electron chi connectivity index (χ0n) is 21.1. The van der Waals surface area contributed by atoms with Crippen molar-refractivity contribution in [1.82, 2.24) is 0 Å². The molecule has 0 aliphatic heterocycles. The molecule has 0 heterocycles. The van der Waals surface area contributed by atoms with E-state index in [-0.39, 0.29) is 26.1 Å². The van der Waals surface area contributed by atoms with Crippen LogP contribution in [0.25, 0.3) is 0 Å². The largest absolute Gasteiger partial charge is 0.322 e. The molecule has 208 valence electrons. The smallest absolute Gasteiger partial charge is 0.264 e. The Bertz CT molecular complexity index is 1750. The Morgan fingerprint density at radius 1 is 0.800 bits per heavy atom. The fourth-order valence-electron chi connectivity index (χ4n) is 3.56. The van der Waals surface area contributed by atoms with E-state index in [1.54, 1.807) is 24.3 Å². The van der Waals surface area contributed by atoms with Crippen molar-refractivity contribution in [2.45, 2.75) is 14.7 Å². The molecule has 0 saturated carbocycles. The van der Waals surface area contributed by atoms with Gasteiger partial charge in [-0.2, -0.15) is 0 Å². The SMILES string of the molecule is CSc1ccc(S(=O)(=O)N(C)c2ccc(C(=O)Nc3ccc(S(=O)(=O)Nc4ccc(Cl)cc4Cl)cc3)cc2)cc1. The molecule has 0 fully saturated rings. The van der Waals surface area contributed by atoms with Gasteiger partial charge in [-0.1, -0.05) is 23.2 Å². The number of hydrogen-bond acceptors (Lipinski definition) is 6. The Kier molecular flexibility index (Phi) is 9.01. The van der Waals surface area contributed by atoms with Crippen molar-refractivity contribution < 1.29 is 21.6 Å². The molecular weight excluding hydrogens is 613 g/mol. The molecule has 13 heteroatoms. The molecule has 0 bridgehead atoms. The van der Waals surface area contributed by atoms with Crippen LogP contribution in [0.15, 0.2) is 106 Å². The molecule has 4 aromatic rings. The van der Waals surface area contributed by atoms with E-state index in [1.807, 2.05) is 6.26 Å². The van der Waals surface area contributed by atoms with Crippen LogP contribution in [0.4, 0.5) is 17.1 Å². The monoisotopic (exact) mass is 635 g/mol. The van der Waals surface area contributed by atoms with Gasteiger partial charge in [0.2, 0.25) is 0 Å². The van der Waals surface area contributed by atoms with E-state index >= 15 is 0 Å². The normalized spacial score (nSPS) is 11.6. The molecule has 0 atom stereocenters. The molecule has 4 rings (SSSR count). The highest BCUT2D eigenvalue weighted by molar-refractivity contribution is 7.98. The van der Waals surface area contributed by atoms with Crippen LogP contribution in [0.3, 0.4) is 0 Å². The average molecular weight is 637 g/mol. The first-order valence-corrected chi connectivity index (χ1v) is 16.4. The number of amides is 1. The maximum absolute atomic E-state index is 13.0. The van der Waals surface area contributed by atoms with Crippen LogP contribution < -0.4 is 14.3 Å². The van der Waals surface area contributed by atoms with E-state index < -0.39 is 26.0 Å². The number of halogens is 2. The van der Waals surface area contributed by atoms with Gasteiger partial charge in [0.05, 0.1) is 26.2 Å². The van der Waals surface area contributed by atoms with Gasteiger partial charge in [0.1, 0.15) is 0 Å². The zero-order valence-corrected chi connectivity index (χ0v) is 25.1. The number of anilines is 3. The Morgan fingerprint density at radius 3 is 1.98 bits per heavy atom. The Balaban J connectivity index is 1.42.